The molecule has 156 valence electrons. The fraction of sp³-hybridized carbons (Fsp3) is 0.381. The Morgan fingerprint density at radius 2 is 2.23 bits per heavy atom. The van der Waals surface area contributed by atoms with Gasteiger partial charge in [-0.25, -0.2) is 9.97 Å². The molecule has 1 saturated heterocycles. The van der Waals surface area contributed by atoms with Crippen LogP contribution in [0.3, 0.4) is 0 Å². The molecule has 1 aliphatic rings. The Morgan fingerprint density at radius 3 is 3.07 bits per heavy atom. The Morgan fingerprint density at radius 1 is 1.33 bits per heavy atom. The highest BCUT2D eigenvalue weighted by Gasteiger charge is 2.24. The van der Waals surface area contributed by atoms with Gasteiger partial charge in [-0.05, 0) is 37.6 Å². The SMILES string of the molecule is COc1ccccc1NC(=O)Cc1noc(CN2CCCC(c3ccncn3)C2)n1. The zero-order valence-electron chi connectivity index (χ0n) is 16.8. The number of carbonyl (C=O) groups excluding carboxylic acids is 1. The molecule has 4 rings (SSSR count). The Hall–Kier alpha value is -3.33. The molecule has 0 radical (unpaired) electrons. The number of hydrogen-bond donors (Lipinski definition) is 1. The highest BCUT2D eigenvalue weighted by Crippen LogP contribution is 2.26. The van der Waals surface area contributed by atoms with Gasteiger partial charge in [0.2, 0.25) is 11.8 Å². The molecule has 0 spiro atoms. The van der Waals surface area contributed by atoms with Crippen LogP contribution in [0.15, 0.2) is 47.4 Å². The number of hydrogen-bond acceptors (Lipinski definition) is 8. The van der Waals surface area contributed by atoms with Crippen LogP contribution < -0.4 is 10.1 Å². The van der Waals surface area contributed by atoms with E-state index in [4.69, 9.17) is 9.26 Å². The molecule has 9 heteroatoms. The van der Waals surface area contributed by atoms with Crippen molar-refractivity contribution in [3.8, 4) is 5.75 Å². The van der Waals surface area contributed by atoms with Gasteiger partial charge in [-0.2, -0.15) is 4.98 Å². The van der Waals surface area contributed by atoms with Crippen LogP contribution in [0, 0.1) is 0 Å². The molecule has 9 nitrogen and oxygen atoms in total. The summed E-state index contributed by atoms with van der Waals surface area (Å²) in [4.78, 5) is 27.4. The van der Waals surface area contributed by atoms with Gasteiger partial charge in [-0.1, -0.05) is 17.3 Å². The Kier molecular flexibility index (Phi) is 6.29. The number of methoxy groups -OCH3 is 1. The fourth-order valence-electron chi connectivity index (χ4n) is 3.69. The summed E-state index contributed by atoms with van der Waals surface area (Å²) in [5, 5.41) is 6.77. The van der Waals surface area contributed by atoms with E-state index >= 15 is 0 Å². The van der Waals surface area contributed by atoms with Crippen LogP contribution in [-0.2, 0) is 17.8 Å². The van der Waals surface area contributed by atoms with Crippen LogP contribution in [0.4, 0.5) is 5.69 Å². The molecule has 1 aromatic carbocycles. The predicted octanol–water partition coefficient (Wildman–Crippen LogP) is 2.43. The zero-order chi connectivity index (χ0) is 20.8. The lowest BCUT2D eigenvalue weighted by molar-refractivity contribution is -0.115. The number of rotatable bonds is 7. The van der Waals surface area contributed by atoms with E-state index < -0.39 is 0 Å². The summed E-state index contributed by atoms with van der Waals surface area (Å²) < 4.78 is 10.6. The van der Waals surface area contributed by atoms with E-state index in [0.29, 0.717) is 35.6 Å². The van der Waals surface area contributed by atoms with Crippen molar-refractivity contribution >= 4 is 11.6 Å². The van der Waals surface area contributed by atoms with Gasteiger partial charge in [0.05, 0.1) is 25.8 Å². The summed E-state index contributed by atoms with van der Waals surface area (Å²) in [5.74, 6) is 1.62. The third-order valence-electron chi connectivity index (χ3n) is 5.10. The molecular formula is C21H24N6O3. The summed E-state index contributed by atoms with van der Waals surface area (Å²) in [5.41, 5.74) is 1.67. The number of amides is 1. The minimum Gasteiger partial charge on any atom is -0.495 e. The molecule has 1 atom stereocenters. The number of carbonyl (C=O) groups is 1. The van der Waals surface area contributed by atoms with Crippen molar-refractivity contribution < 1.29 is 14.1 Å². The first-order valence-electron chi connectivity index (χ1n) is 9.94. The molecule has 1 N–H and O–H groups in total. The van der Waals surface area contributed by atoms with E-state index in [1.54, 1.807) is 31.8 Å². The first-order chi connectivity index (χ1) is 14.7. The molecule has 3 heterocycles. The largest absolute Gasteiger partial charge is 0.495 e. The number of anilines is 1. The van der Waals surface area contributed by atoms with Gasteiger partial charge in [-0.3, -0.25) is 9.69 Å². The lowest BCUT2D eigenvalue weighted by Crippen LogP contribution is -2.34. The molecule has 3 aromatic rings. The molecule has 0 bridgehead atoms. The topological polar surface area (TPSA) is 106 Å². The fourth-order valence-corrected chi connectivity index (χ4v) is 3.69. The molecule has 0 saturated carbocycles. The number of nitrogens with one attached hydrogen (secondary N) is 1. The molecule has 1 amide bonds. The number of benzene rings is 1. The summed E-state index contributed by atoms with van der Waals surface area (Å²) in [6.07, 6.45) is 5.59. The first kappa shape index (κ1) is 20.0. The van der Waals surface area contributed by atoms with Gasteiger partial charge in [0.1, 0.15) is 12.1 Å². The number of nitrogens with zero attached hydrogens (tertiary/aromatic N) is 5. The quantitative estimate of drug-likeness (QED) is 0.635. The van der Waals surface area contributed by atoms with Gasteiger partial charge in [0.15, 0.2) is 5.82 Å². The summed E-state index contributed by atoms with van der Waals surface area (Å²) in [6.45, 7) is 2.40. The number of likely N-dealkylation sites (tertiary alicyclic amines) is 1. The highest BCUT2D eigenvalue weighted by atomic mass is 16.5. The third-order valence-corrected chi connectivity index (χ3v) is 5.10. The highest BCUT2D eigenvalue weighted by molar-refractivity contribution is 5.93. The maximum Gasteiger partial charge on any atom is 0.240 e. The maximum absolute atomic E-state index is 12.3. The molecule has 1 unspecified atom stereocenters. The van der Waals surface area contributed by atoms with Crippen LogP contribution in [0.1, 0.15) is 36.2 Å². The van der Waals surface area contributed by atoms with Crippen molar-refractivity contribution in [2.24, 2.45) is 0 Å². The normalized spacial score (nSPS) is 16.9. The standard InChI is InChI=1S/C21H24N6O3/c1-29-18-7-3-2-6-17(18)24-20(28)11-19-25-21(30-26-19)13-27-10-4-5-15(12-27)16-8-9-22-14-23-16/h2-3,6-9,14-15H,4-5,10-13H2,1H3,(H,24,28). The third kappa shape index (κ3) is 4.98. The van der Waals surface area contributed by atoms with Crippen molar-refractivity contribution in [1.29, 1.82) is 0 Å². The van der Waals surface area contributed by atoms with Gasteiger partial charge in [-0.15, -0.1) is 0 Å². The van der Waals surface area contributed by atoms with Crippen LogP contribution in [-0.4, -0.2) is 51.1 Å². The number of para-hydroxylation sites is 2. The van der Waals surface area contributed by atoms with Crippen LogP contribution in [0.25, 0.3) is 0 Å². The van der Waals surface area contributed by atoms with Crippen molar-refractivity contribution in [1.82, 2.24) is 25.0 Å². The smallest absolute Gasteiger partial charge is 0.240 e. The monoisotopic (exact) mass is 408 g/mol. The van der Waals surface area contributed by atoms with Gasteiger partial charge in [0, 0.05) is 24.4 Å². The molecule has 1 fully saturated rings. The second kappa shape index (κ2) is 9.45. The number of aromatic nitrogens is 4. The van der Waals surface area contributed by atoms with Gasteiger partial charge < -0.3 is 14.6 Å². The van der Waals surface area contributed by atoms with Crippen LogP contribution in [0.2, 0.25) is 0 Å². The summed E-state index contributed by atoms with van der Waals surface area (Å²) in [6, 6.07) is 9.21. The summed E-state index contributed by atoms with van der Waals surface area (Å²) >= 11 is 0. The van der Waals surface area contributed by atoms with Crippen LogP contribution in [0.5, 0.6) is 5.75 Å². The van der Waals surface area contributed by atoms with Crippen molar-refractivity contribution in [3.05, 3.63) is 60.3 Å². The Bertz CT molecular complexity index is 978. The molecule has 1 aliphatic heterocycles. The lowest BCUT2D eigenvalue weighted by atomic mass is 9.94. The number of piperidine rings is 1. The van der Waals surface area contributed by atoms with Gasteiger partial charge in [0.25, 0.3) is 0 Å². The first-order valence-corrected chi connectivity index (χ1v) is 9.94. The molecule has 0 aliphatic carbocycles. The Balaban J connectivity index is 1.32. The second-order valence-corrected chi connectivity index (χ2v) is 7.24. The molecule has 2 aromatic heterocycles. The van der Waals surface area contributed by atoms with E-state index in [-0.39, 0.29) is 12.3 Å². The van der Waals surface area contributed by atoms with E-state index in [1.165, 1.54) is 0 Å². The van der Waals surface area contributed by atoms with Crippen LogP contribution >= 0.6 is 0 Å². The minimum absolute atomic E-state index is 0.0328. The number of ether oxygens (including phenoxy) is 1. The van der Waals surface area contributed by atoms with Gasteiger partial charge >= 0.3 is 0 Å². The zero-order valence-corrected chi connectivity index (χ0v) is 16.8. The summed E-state index contributed by atoms with van der Waals surface area (Å²) in [7, 11) is 1.56. The van der Waals surface area contributed by atoms with Crippen molar-refractivity contribution in [2.45, 2.75) is 31.7 Å². The average molecular weight is 408 g/mol. The van der Waals surface area contributed by atoms with Crippen molar-refractivity contribution in [3.63, 3.8) is 0 Å². The maximum atomic E-state index is 12.3. The molecule has 30 heavy (non-hydrogen) atoms. The van der Waals surface area contributed by atoms with E-state index in [0.717, 1.165) is 31.6 Å². The minimum atomic E-state index is -0.228. The Labute approximate surface area is 174 Å². The predicted molar refractivity (Wildman–Crippen MR) is 109 cm³/mol. The average Bonchev–Trinajstić information content (AvgIpc) is 3.21. The van der Waals surface area contributed by atoms with Crippen molar-refractivity contribution in [2.75, 3.05) is 25.5 Å². The van der Waals surface area contributed by atoms with E-state index in [2.05, 4.69) is 30.3 Å². The van der Waals surface area contributed by atoms with E-state index in [9.17, 15) is 4.79 Å². The molecular weight excluding hydrogens is 384 g/mol. The second-order valence-electron chi connectivity index (χ2n) is 7.24. The lowest BCUT2D eigenvalue weighted by Gasteiger charge is -2.31. The van der Waals surface area contributed by atoms with E-state index in [1.807, 2.05) is 18.2 Å².